The molecule has 1 atom stereocenters. The summed E-state index contributed by atoms with van der Waals surface area (Å²) in [6.45, 7) is 9.83. The number of nitrogens with zero attached hydrogens (tertiary/aromatic N) is 1. The molecule has 0 N–H and O–H groups in total. The van der Waals surface area contributed by atoms with Crippen molar-refractivity contribution in [3.8, 4) is 0 Å². The van der Waals surface area contributed by atoms with E-state index in [4.69, 9.17) is 14.2 Å². The van der Waals surface area contributed by atoms with Crippen LogP contribution in [-0.4, -0.2) is 54.8 Å². The zero-order chi connectivity index (χ0) is 17.6. The molecule has 1 amide bonds. The molecule has 1 rings (SSSR count). The van der Waals surface area contributed by atoms with Crippen LogP contribution >= 0.6 is 0 Å². The molecule has 1 fully saturated rings. The number of likely N-dealkylation sites (tertiary alicyclic amines) is 1. The summed E-state index contributed by atoms with van der Waals surface area (Å²) in [6.07, 6.45) is 0.0908. The minimum absolute atomic E-state index is 0.192. The highest BCUT2D eigenvalue weighted by Crippen LogP contribution is 2.28. The normalized spacial score (nSPS) is 18.0. The molecule has 7 heteroatoms. The van der Waals surface area contributed by atoms with Crippen molar-refractivity contribution in [2.24, 2.45) is 11.8 Å². The Bertz CT molecular complexity index is 424. The summed E-state index contributed by atoms with van der Waals surface area (Å²) < 4.78 is 15.3. The van der Waals surface area contributed by atoms with E-state index in [2.05, 4.69) is 0 Å². The van der Waals surface area contributed by atoms with Crippen molar-refractivity contribution in [1.82, 2.24) is 4.90 Å². The van der Waals surface area contributed by atoms with Gasteiger partial charge in [0.2, 0.25) is 0 Å². The quantitative estimate of drug-likeness (QED) is 0.436. The van der Waals surface area contributed by atoms with Gasteiger partial charge in [0.15, 0.2) is 5.92 Å². The molecule has 0 unspecified atom stereocenters. The highest BCUT2D eigenvalue weighted by atomic mass is 16.6. The van der Waals surface area contributed by atoms with E-state index in [0.717, 1.165) is 0 Å². The minimum Gasteiger partial charge on any atom is -0.465 e. The van der Waals surface area contributed by atoms with Crippen molar-refractivity contribution in [3.63, 3.8) is 0 Å². The van der Waals surface area contributed by atoms with E-state index >= 15 is 0 Å². The summed E-state index contributed by atoms with van der Waals surface area (Å²) in [7, 11) is 0. The number of rotatable bonds is 5. The molecule has 1 aliphatic heterocycles. The van der Waals surface area contributed by atoms with Gasteiger partial charge in [0.1, 0.15) is 5.60 Å². The maximum absolute atomic E-state index is 12.1. The molecule has 0 radical (unpaired) electrons. The van der Waals surface area contributed by atoms with Gasteiger partial charge < -0.3 is 19.1 Å². The van der Waals surface area contributed by atoms with Crippen molar-refractivity contribution in [1.29, 1.82) is 0 Å². The Morgan fingerprint density at radius 2 is 1.61 bits per heavy atom. The van der Waals surface area contributed by atoms with Crippen LogP contribution in [0.3, 0.4) is 0 Å². The summed E-state index contributed by atoms with van der Waals surface area (Å²) in [5.41, 5.74) is -0.586. The summed E-state index contributed by atoms with van der Waals surface area (Å²) in [4.78, 5) is 37.8. The molecule has 1 saturated heterocycles. The predicted molar refractivity (Wildman–Crippen MR) is 82.7 cm³/mol. The Hall–Kier alpha value is -1.79. The molecule has 0 aromatic heterocycles. The van der Waals surface area contributed by atoms with Crippen LogP contribution in [0.2, 0.25) is 0 Å². The van der Waals surface area contributed by atoms with E-state index in [-0.39, 0.29) is 25.7 Å². The number of ether oxygens (including phenoxy) is 3. The molecule has 0 bridgehead atoms. The fraction of sp³-hybridized carbons (Fsp3) is 0.812. The van der Waals surface area contributed by atoms with Gasteiger partial charge in [-0.05, 0) is 41.0 Å². The molecule has 1 aliphatic rings. The topological polar surface area (TPSA) is 82.1 Å². The average molecular weight is 329 g/mol. The zero-order valence-electron chi connectivity index (χ0n) is 14.6. The van der Waals surface area contributed by atoms with E-state index < -0.39 is 29.6 Å². The monoisotopic (exact) mass is 329 g/mol. The molecule has 0 aliphatic carbocycles. The lowest BCUT2D eigenvalue weighted by Crippen LogP contribution is -2.38. The third kappa shape index (κ3) is 5.73. The summed E-state index contributed by atoms with van der Waals surface area (Å²) in [5, 5.41) is 0. The van der Waals surface area contributed by atoms with Crippen molar-refractivity contribution >= 4 is 18.0 Å². The third-order valence-corrected chi connectivity index (χ3v) is 3.43. The lowest BCUT2D eigenvalue weighted by molar-refractivity contribution is -0.164. The van der Waals surface area contributed by atoms with Crippen molar-refractivity contribution in [2.75, 3.05) is 26.3 Å². The second-order valence-electron chi connectivity index (χ2n) is 6.46. The van der Waals surface area contributed by atoms with E-state index in [1.54, 1.807) is 34.6 Å². The third-order valence-electron chi connectivity index (χ3n) is 3.43. The molecule has 23 heavy (non-hydrogen) atoms. The van der Waals surface area contributed by atoms with Crippen LogP contribution in [0.4, 0.5) is 4.79 Å². The van der Waals surface area contributed by atoms with Crippen molar-refractivity contribution < 1.29 is 28.6 Å². The van der Waals surface area contributed by atoms with E-state index in [0.29, 0.717) is 13.0 Å². The van der Waals surface area contributed by atoms with Gasteiger partial charge in [-0.2, -0.15) is 0 Å². The number of amides is 1. The Balaban J connectivity index is 2.76. The predicted octanol–water partition coefficient (Wildman–Crippen LogP) is 1.99. The van der Waals surface area contributed by atoms with Gasteiger partial charge in [0.25, 0.3) is 0 Å². The molecule has 0 aromatic rings. The van der Waals surface area contributed by atoms with Gasteiger partial charge in [-0.3, -0.25) is 9.59 Å². The number of carbonyl (C=O) groups is 3. The Morgan fingerprint density at radius 3 is 2.04 bits per heavy atom. The molecule has 0 aromatic carbocycles. The van der Waals surface area contributed by atoms with E-state index in [1.165, 1.54) is 4.90 Å². The van der Waals surface area contributed by atoms with Gasteiger partial charge in [-0.15, -0.1) is 0 Å². The molecule has 0 saturated carbocycles. The number of hydrogen-bond donors (Lipinski definition) is 0. The largest absolute Gasteiger partial charge is 0.465 e. The number of hydrogen-bond acceptors (Lipinski definition) is 6. The molecule has 132 valence electrons. The molecule has 1 heterocycles. The lowest BCUT2D eigenvalue weighted by atomic mass is 9.91. The average Bonchev–Trinajstić information content (AvgIpc) is 2.87. The Labute approximate surface area is 137 Å². The SMILES string of the molecule is CCOC(=O)C(C(=O)OCC)[C@@H]1CCN(C(=O)OC(C)(C)C)C1. The highest BCUT2D eigenvalue weighted by Gasteiger charge is 2.42. The smallest absolute Gasteiger partial charge is 0.410 e. The summed E-state index contributed by atoms with van der Waals surface area (Å²) in [5.74, 6) is -2.51. The summed E-state index contributed by atoms with van der Waals surface area (Å²) >= 11 is 0. The fourth-order valence-electron chi connectivity index (χ4n) is 2.50. The van der Waals surface area contributed by atoms with Gasteiger partial charge in [0, 0.05) is 19.0 Å². The van der Waals surface area contributed by atoms with Crippen LogP contribution in [0.5, 0.6) is 0 Å². The number of esters is 2. The molecule has 7 nitrogen and oxygen atoms in total. The van der Waals surface area contributed by atoms with Crippen LogP contribution in [0, 0.1) is 11.8 Å². The second kappa shape index (κ2) is 8.17. The minimum atomic E-state index is -0.998. The Morgan fingerprint density at radius 1 is 1.09 bits per heavy atom. The van der Waals surface area contributed by atoms with E-state index in [1.807, 2.05) is 0 Å². The van der Waals surface area contributed by atoms with Crippen LogP contribution in [0.25, 0.3) is 0 Å². The Kier molecular flexibility index (Phi) is 6.84. The first-order valence-corrected chi connectivity index (χ1v) is 8.00. The van der Waals surface area contributed by atoms with Crippen LogP contribution in [-0.2, 0) is 23.8 Å². The van der Waals surface area contributed by atoms with E-state index in [9.17, 15) is 14.4 Å². The second-order valence-corrected chi connectivity index (χ2v) is 6.46. The van der Waals surface area contributed by atoms with Gasteiger partial charge in [-0.25, -0.2) is 4.79 Å². The molecule has 0 spiro atoms. The first-order chi connectivity index (χ1) is 10.7. The first kappa shape index (κ1) is 19.3. The first-order valence-electron chi connectivity index (χ1n) is 8.00. The molecular formula is C16H27NO6. The summed E-state index contributed by atoms with van der Waals surface area (Å²) in [6, 6.07) is 0. The molecular weight excluding hydrogens is 302 g/mol. The number of carbonyl (C=O) groups excluding carboxylic acids is 3. The van der Waals surface area contributed by atoms with Crippen LogP contribution in [0.1, 0.15) is 41.0 Å². The van der Waals surface area contributed by atoms with Crippen LogP contribution in [0.15, 0.2) is 0 Å². The maximum atomic E-state index is 12.1. The maximum Gasteiger partial charge on any atom is 0.410 e. The highest BCUT2D eigenvalue weighted by molar-refractivity contribution is 5.95. The fourth-order valence-corrected chi connectivity index (χ4v) is 2.50. The van der Waals surface area contributed by atoms with Crippen LogP contribution < -0.4 is 0 Å². The van der Waals surface area contributed by atoms with Gasteiger partial charge >= 0.3 is 18.0 Å². The van der Waals surface area contributed by atoms with Crippen molar-refractivity contribution in [3.05, 3.63) is 0 Å². The lowest BCUT2D eigenvalue weighted by Gasteiger charge is -2.25. The van der Waals surface area contributed by atoms with Crippen molar-refractivity contribution in [2.45, 2.75) is 46.6 Å². The standard InChI is InChI=1S/C16H27NO6/c1-6-21-13(18)12(14(19)22-7-2)11-8-9-17(10-11)15(20)23-16(3,4)5/h11-12H,6-10H2,1-5H3/t11-/m1/s1. The van der Waals surface area contributed by atoms with Gasteiger partial charge in [-0.1, -0.05) is 0 Å². The zero-order valence-corrected chi connectivity index (χ0v) is 14.6. The van der Waals surface area contributed by atoms with Gasteiger partial charge in [0.05, 0.1) is 13.2 Å².